The first-order valence-corrected chi connectivity index (χ1v) is 11.9. The number of aliphatic hydroxyl groups is 1. The van der Waals surface area contributed by atoms with E-state index < -0.39 is 41.8 Å². The van der Waals surface area contributed by atoms with Crippen LogP contribution in [0.25, 0.3) is 0 Å². The summed E-state index contributed by atoms with van der Waals surface area (Å²) in [5.74, 6) is -1.10. The topological polar surface area (TPSA) is 82.1 Å². The number of carbonyl (C=O) groups is 2. The molecule has 2 aromatic carbocycles. The lowest BCUT2D eigenvalue weighted by atomic mass is 9.90. The molecule has 1 saturated heterocycles. The van der Waals surface area contributed by atoms with Gasteiger partial charge in [-0.15, -0.1) is 11.8 Å². The van der Waals surface area contributed by atoms with Gasteiger partial charge in [0.2, 0.25) is 0 Å². The molecular formula is C24H27ClO6S. The highest BCUT2D eigenvalue weighted by Gasteiger charge is 2.49. The quantitative estimate of drug-likeness (QED) is 0.622. The minimum absolute atomic E-state index is 0.544. The predicted molar refractivity (Wildman–Crippen MR) is 124 cm³/mol. The number of rotatable bonds is 6. The van der Waals surface area contributed by atoms with Crippen molar-refractivity contribution in [2.24, 2.45) is 0 Å². The van der Waals surface area contributed by atoms with Gasteiger partial charge in [-0.25, -0.2) is 0 Å². The number of aryl methyl sites for hydroxylation is 1. The maximum absolute atomic E-state index is 11.8. The summed E-state index contributed by atoms with van der Waals surface area (Å²) in [7, 11) is 0. The smallest absolute Gasteiger partial charge is 0.303 e. The summed E-state index contributed by atoms with van der Waals surface area (Å²) < 4.78 is 17.0. The molecule has 0 radical (unpaired) electrons. The van der Waals surface area contributed by atoms with Crippen LogP contribution >= 0.6 is 23.4 Å². The molecule has 0 aliphatic carbocycles. The number of thioether (sulfide) groups is 1. The second-order valence-electron chi connectivity index (χ2n) is 7.79. The summed E-state index contributed by atoms with van der Waals surface area (Å²) in [4.78, 5) is 23.4. The number of aliphatic hydroxyl groups excluding tert-OH is 1. The Bertz CT molecular complexity index is 963. The monoisotopic (exact) mass is 478 g/mol. The van der Waals surface area contributed by atoms with E-state index in [0.29, 0.717) is 11.4 Å². The Morgan fingerprint density at radius 1 is 1.06 bits per heavy atom. The highest BCUT2D eigenvalue weighted by molar-refractivity contribution is 7.99. The zero-order valence-electron chi connectivity index (χ0n) is 18.4. The summed E-state index contributed by atoms with van der Waals surface area (Å²) in [5, 5.41) is 11.7. The van der Waals surface area contributed by atoms with Gasteiger partial charge in [0.25, 0.3) is 0 Å². The lowest BCUT2D eigenvalue weighted by Crippen LogP contribution is -2.55. The molecule has 0 saturated carbocycles. The van der Waals surface area contributed by atoms with Crippen molar-refractivity contribution in [3.63, 3.8) is 0 Å². The SMILES string of the molecule is CS[C@H]1O[C@@H](c2ccc(C)c(Cc3ccc(Cl)cc3)c2)[C@H](OC(C)=O)[C@@H](O)[C@@H]1OC(C)=O. The van der Waals surface area contributed by atoms with E-state index in [1.807, 2.05) is 49.4 Å². The average Bonchev–Trinajstić information content (AvgIpc) is 2.74. The lowest BCUT2D eigenvalue weighted by molar-refractivity contribution is -0.224. The average molecular weight is 479 g/mol. The number of halogens is 1. The molecule has 6 nitrogen and oxygen atoms in total. The molecule has 5 atom stereocenters. The van der Waals surface area contributed by atoms with E-state index in [4.69, 9.17) is 25.8 Å². The molecule has 0 spiro atoms. The summed E-state index contributed by atoms with van der Waals surface area (Å²) in [6.07, 6.45) is -1.44. The van der Waals surface area contributed by atoms with Gasteiger partial charge in [-0.05, 0) is 54.0 Å². The third kappa shape index (κ3) is 5.84. The number of carbonyl (C=O) groups excluding carboxylic acids is 2. The molecule has 8 heteroatoms. The summed E-state index contributed by atoms with van der Waals surface area (Å²) in [6, 6.07) is 13.5. The number of benzene rings is 2. The summed E-state index contributed by atoms with van der Waals surface area (Å²) >= 11 is 7.32. The summed E-state index contributed by atoms with van der Waals surface area (Å²) in [5.41, 5.74) is 3.43. The predicted octanol–water partition coefficient (Wildman–Crippen LogP) is 4.22. The molecular weight excluding hydrogens is 452 g/mol. The van der Waals surface area contributed by atoms with Crippen molar-refractivity contribution >= 4 is 35.3 Å². The van der Waals surface area contributed by atoms with E-state index in [9.17, 15) is 14.7 Å². The van der Waals surface area contributed by atoms with Crippen molar-refractivity contribution in [1.82, 2.24) is 0 Å². The second kappa shape index (κ2) is 10.7. The molecule has 32 heavy (non-hydrogen) atoms. The zero-order valence-corrected chi connectivity index (χ0v) is 20.0. The maximum Gasteiger partial charge on any atom is 0.303 e. The fraction of sp³-hybridized carbons (Fsp3) is 0.417. The third-order valence-corrected chi connectivity index (χ3v) is 6.46. The third-order valence-electron chi connectivity index (χ3n) is 5.37. The van der Waals surface area contributed by atoms with E-state index in [0.717, 1.165) is 22.3 Å². The first-order valence-electron chi connectivity index (χ1n) is 10.2. The molecule has 172 valence electrons. The van der Waals surface area contributed by atoms with Gasteiger partial charge in [-0.1, -0.05) is 41.9 Å². The van der Waals surface area contributed by atoms with Crippen LogP contribution < -0.4 is 0 Å². The van der Waals surface area contributed by atoms with Crippen molar-refractivity contribution in [2.45, 2.75) is 57.0 Å². The minimum Gasteiger partial charge on any atom is -0.456 e. The maximum atomic E-state index is 11.8. The largest absolute Gasteiger partial charge is 0.456 e. The lowest BCUT2D eigenvalue weighted by Gasteiger charge is -2.43. The fourth-order valence-electron chi connectivity index (χ4n) is 3.81. The molecule has 3 rings (SSSR count). The van der Waals surface area contributed by atoms with E-state index in [-0.39, 0.29) is 0 Å². The Morgan fingerprint density at radius 2 is 1.69 bits per heavy atom. The van der Waals surface area contributed by atoms with Crippen LogP contribution in [-0.4, -0.2) is 47.0 Å². The zero-order chi connectivity index (χ0) is 23.4. The van der Waals surface area contributed by atoms with Gasteiger partial charge < -0.3 is 19.3 Å². The van der Waals surface area contributed by atoms with E-state index in [1.165, 1.54) is 25.6 Å². The van der Waals surface area contributed by atoms with Gasteiger partial charge in [0.1, 0.15) is 17.6 Å². The number of ether oxygens (including phenoxy) is 3. The van der Waals surface area contributed by atoms with Gasteiger partial charge >= 0.3 is 11.9 Å². The number of hydrogen-bond acceptors (Lipinski definition) is 7. The number of hydrogen-bond donors (Lipinski definition) is 1. The summed E-state index contributed by atoms with van der Waals surface area (Å²) in [6.45, 7) is 4.56. The second-order valence-corrected chi connectivity index (χ2v) is 9.16. The van der Waals surface area contributed by atoms with Crippen molar-refractivity contribution in [3.05, 3.63) is 69.7 Å². The van der Waals surface area contributed by atoms with Crippen LogP contribution in [0.1, 0.15) is 42.2 Å². The van der Waals surface area contributed by atoms with E-state index in [1.54, 1.807) is 6.26 Å². The Morgan fingerprint density at radius 3 is 2.28 bits per heavy atom. The highest BCUT2D eigenvalue weighted by atomic mass is 35.5. The van der Waals surface area contributed by atoms with Crippen LogP contribution in [0.15, 0.2) is 42.5 Å². The molecule has 0 unspecified atom stereocenters. The van der Waals surface area contributed by atoms with Crippen molar-refractivity contribution in [2.75, 3.05) is 6.26 Å². The van der Waals surface area contributed by atoms with Crippen LogP contribution in [-0.2, 0) is 30.2 Å². The van der Waals surface area contributed by atoms with Crippen LogP contribution in [0.2, 0.25) is 5.02 Å². The van der Waals surface area contributed by atoms with Crippen molar-refractivity contribution in [1.29, 1.82) is 0 Å². The van der Waals surface area contributed by atoms with Gasteiger partial charge in [0.05, 0.1) is 0 Å². The molecule has 0 amide bonds. The van der Waals surface area contributed by atoms with E-state index in [2.05, 4.69) is 0 Å². The standard InChI is InChI=1S/C24H27ClO6S/c1-13-5-8-17(12-18(13)11-16-6-9-19(25)10-7-16)21-22(29-14(2)26)20(28)23(30-15(3)27)24(31-21)32-4/h5-10,12,20-24,28H,11H2,1-4H3/t20-,21+,22-,23+,24-/m1/s1. The van der Waals surface area contributed by atoms with Crippen molar-refractivity contribution in [3.8, 4) is 0 Å². The Hall–Kier alpha value is -2.06. The van der Waals surface area contributed by atoms with Gasteiger partial charge in [0, 0.05) is 18.9 Å². The molecule has 0 bridgehead atoms. The molecule has 1 aliphatic heterocycles. The van der Waals surface area contributed by atoms with Crippen molar-refractivity contribution < 1.29 is 28.9 Å². The minimum atomic E-state index is -1.24. The van der Waals surface area contributed by atoms with Crippen LogP contribution in [0, 0.1) is 6.92 Å². The normalized spacial score (nSPS) is 25.2. The molecule has 1 fully saturated rings. The van der Waals surface area contributed by atoms with E-state index >= 15 is 0 Å². The highest BCUT2D eigenvalue weighted by Crippen LogP contribution is 2.39. The van der Waals surface area contributed by atoms with Gasteiger partial charge in [-0.3, -0.25) is 9.59 Å². The number of esters is 2. The first-order chi connectivity index (χ1) is 15.2. The molecule has 0 aromatic heterocycles. The Balaban J connectivity index is 1.95. The van der Waals surface area contributed by atoms with Gasteiger partial charge in [0.15, 0.2) is 12.2 Å². The van der Waals surface area contributed by atoms with Crippen LogP contribution in [0.3, 0.4) is 0 Å². The molecule has 1 heterocycles. The molecule has 1 N–H and O–H groups in total. The molecule has 1 aliphatic rings. The Kier molecular flexibility index (Phi) is 8.22. The van der Waals surface area contributed by atoms with Crippen LogP contribution in [0.4, 0.5) is 0 Å². The Labute approximate surface area is 197 Å². The first kappa shape index (κ1) is 24.6. The van der Waals surface area contributed by atoms with Gasteiger partial charge in [-0.2, -0.15) is 0 Å². The molecule has 2 aromatic rings. The fourth-order valence-corrected chi connectivity index (χ4v) is 4.65. The van der Waals surface area contributed by atoms with Crippen LogP contribution in [0.5, 0.6) is 0 Å².